The van der Waals surface area contributed by atoms with Crippen molar-refractivity contribution in [3.63, 3.8) is 0 Å². The second-order valence-electron chi connectivity index (χ2n) is 6.01. The third-order valence-corrected chi connectivity index (χ3v) is 4.41. The van der Waals surface area contributed by atoms with Crippen LogP contribution in [0.4, 0.5) is 4.39 Å². The lowest BCUT2D eigenvalue weighted by molar-refractivity contribution is -0.117. The SMILES string of the molecule is Cc1nn(Cc2ccc(F)cc2)c(Cl)c1/C=C(\C#N)C(=O)NCc1ccco1. The molecule has 0 saturated heterocycles. The van der Waals surface area contributed by atoms with E-state index in [2.05, 4.69) is 10.4 Å². The molecule has 3 rings (SSSR count). The lowest BCUT2D eigenvalue weighted by atomic mass is 10.1. The van der Waals surface area contributed by atoms with E-state index in [9.17, 15) is 14.4 Å². The zero-order chi connectivity index (χ0) is 20.1. The molecule has 0 aliphatic carbocycles. The van der Waals surface area contributed by atoms with Crippen molar-refractivity contribution < 1.29 is 13.6 Å². The molecular weight excluding hydrogens is 383 g/mol. The summed E-state index contributed by atoms with van der Waals surface area (Å²) >= 11 is 6.40. The molecule has 1 amide bonds. The van der Waals surface area contributed by atoms with Gasteiger partial charge in [0, 0.05) is 5.56 Å². The minimum Gasteiger partial charge on any atom is -0.467 e. The van der Waals surface area contributed by atoms with Gasteiger partial charge in [0.2, 0.25) is 0 Å². The Labute approximate surface area is 165 Å². The number of furan rings is 1. The Kier molecular flexibility index (Phi) is 5.92. The summed E-state index contributed by atoms with van der Waals surface area (Å²) < 4.78 is 19.7. The van der Waals surface area contributed by atoms with Gasteiger partial charge < -0.3 is 9.73 Å². The Morgan fingerprint density at radius 2 is 2.14 bits per heavy atom. The van der Waals surface area contributed by atoms with Crippen LogP contribution in [0.2, 0.25) is 5.15 Å². The summed E-state index contributed by atoms with van der Waals surface area (Å²) in [6.45, 7) is 2.23. The second-order valence-corrected chi connectivity index (χ2v) is 6.36. The van der Waals surface area contributed by atoms with Crippen LogP contribution in [0.3, 0.4) is 0 Å². The fourth-order valence-corrected chi connectivity index (χ4v) is 2.86. The van der Waals surface area contributed by atoms with Gasteiger partial charge in [-0.25, -0.2) is 9.07 Å². The number of amides is 1. The molecule has 0 aliphatic heterocycles. The summed E-state index contributed by atoms with van der Waals surface area (Å²) in [5.74, 6) is -0.290. The third kappa shape index (κ3) is 4.48. The zero-order valence-electron chi connectivity index (χ0n) is 14.9. The minimum atomic E-state index is -0.541. The van der Waals surface area contributed by atoms with Crippen molar-refractivity contribution >= 4 is 23.6 Å². The number of nitrogens with zero attached hydrogens (tertiary/aromatic N) is 3. The molecule has 2 heterocycles. The van der Waals surface area contributed by atoms with E-state index in [0.717, 1.165) is 5.56 Å². The van der Waals surface area contributed by atoms with Gasteiger partial charge in [0.05, 0.1) is 25.0 Å². The highest BCUT2D eigenvalue weighted by Gasteiger charge is 2.16. The molecule has 0 saturated carbocycles. The highest BCUT2D eigenvalue weighted by Crippen LogP contribution is 2.23. The van der Waals surface area contributed by atoms with Crippen LogP contribution in [0, 0.1) is 24.1 Å². The number of benzene rings is 1. The van der Waals surface area contributed by atoms with Crippen molar-refractivity contribution in [3.05, 3.63) is 81.8 Å². The predicted molar refractivity (Wildman–Crippen MR) is 102 cm³/mol. The van der Waals surface area contributed by atoms with Crippen molar-refractivity contribution in [1.29, 1.82) is 5.26 Å². The molecule has 0 spiro atoms. The number of carbonyl (C=O) groups excluding carboxylic acids is 1. The van der Waals surface area contributed by atoms with E-state index >= 15 is 0 Å². The average molecular weight is 399 g/mol. The van der Waals surface area contributed by atoms with Crippen LogP contribution in [-0.2, 0) is 17.9 Å². The predicted octanol–water partition coefficient (Wildman–Crippen LogP) is 3.85. The number of aromatic nitrogens is 2. The quantitative estimate of drug-likeness (QED) is 0.505. The normalized spacial score (nSPS) is 11.3. The van der Waals surface area contributed by atoms with Gasteiger partial charge in [0.1, 0.15) is 28.4 Å². The fourth-order valence-electron chi connectivity index (χ4n) is 2.57. The first-order chi connectivity index (χ1) is 13.5. The number of aryl methyl sites for hydroxylation is 1. The highest BCUT2D eigenvalue weighted by molar-refractivity contribution is 6.31. The maximum Gasteiger partial charge on any atom is 0.262 e. The van der Waals surface area contributed by atoms with Gasteiger partial charge in [-0.3, -0.25) is 4.79 Å². The van der Waals surface area contributed by atoms with Gasteiger partial charge in [-0.2, -0.15) is 10.4 Å². The van der Waals surface area contributed by atoms with Crippen LogP contribution >= 0.6 is 11.6 Å². The molecule has 8 heteroatoms. The molecule has 3 aromatic rings. The third-order valence-electron chi connectivity index (χ3n) is 4.01. The molecule has 1 N–H and O–H groups in total. The number of hydrogen-bond acceptors (Lipinski definition) is 4. The molecule has 28 heavy (non-hydrogen) atoms. The van der Waals surface area contributed by atoms with Gasteiger partial charge in [0.25, 0.3) is 5.91 Å². The lowest BCUT2D eigenvalue weighted by Crippen LogP contribution is -2.23. The minimum absolute atomic E-state index is 0.0992. The molecule has 0 radical (unpaired) electrons. The van der Waals surface area contributed by atoms with Crippen molar-refractivity contribution in [3.8, 4) is 6.07 Å². The van der Waals surface area contributed by atoms with Gasteiger partial charge >= 0.3 is 0 Å². The molecule has 0 bridgehead atoms. The van der Waals surface area contributed by atoms with E-state index < -0.39 is 5.91 Å². The second kappa shape index (κ2) is 8.55. The molecule has 1 aromatic carbocycles. The Morgan fingerprint density at radius 1 is 1.39 bits per heavy atom. The molecule has 0 unspecified atom stereocenters. The van der Waals surface area contributed by atoms with E-state index in [1.165, 1.54) is 29.2 Å². The Morgan fingerprint density at radius 3 is 2.79 bits per heavy atom. The van der Waals surface area contributed by atoms with E-state index in [4.69, 9.17) is 16.0 Å². The summed E-state index contributed by atoms with van der Waals surface area (Å²) in [7, 11) is 0. The van der Waals surface area contributed by atoms with Crippen molar-refractivity contribution in [1.82, 2.24) is 15.1 Å². The number of nitriles is 1. The summed E-state index contributed by atoms with van der Waals surface area (Å²) in [6.07, 6.45) is 2.91. The Hall–Kier alpha value is -3.37. The van der Waals surface area contributed by atoms with Crippen LogP contribution in [0.25, 0.3) is 6.08 Å². The van der Waals surface area contributed by atoms with E-state index in [0.29, 0.717) is 23.6 Å². The first-order valence-corrected chi connectivity index (χ1v) is 8.75. The summed E-state index contributed by atoms with van der Waals surface area (Å²) in [5.41, 5.74) is 1.77. The Balaban J connectivity index is 1.79. The number of halogens is 2. The van der Waals surface area contributed by atoms with Crippen molar-refractivity contribution in [2.75, 3.05) is 0 Å². The van der Waals surface area contributed by atoms with Crippen molar-refractivity contribution in [2.45, 2.75) is 20.0 Å². The number of rotatable bonds is 6. The summed E-state index contributed by atoms with van der Waals surface area (Å²) in [5, 5.41) is 16.6. The maximum atomic E-state index is 13.1. The monoisotopic (exact) mass is 398 g/mol. The molecule has 0 aliphatic rings. The summed E-state index contributed by atoms with van der Waals surface area (Å²) in [4.78, 5) is 12.3. The van der Waals surface area contributed by atoms with Gasteiger partial charge in [-0.15, -0.1) is 0 Å². The van der Waals surface area contributed by atoms with Gasteiger partial charge in [-0.1, -0.05) is 23.7 Å². The largest absolute Gasteiger partial charge is 0.467 e. The van der Waals surface area contributed by atoms with Crippen LogP contribution in [0.5, 0.6) is 0 Å². The number of carbonyl (C=O) groups is 1. The van der Waals surface area contributed by atoms with Crippen molar-refractivity contribution in [2.24, 2.45) is 0 Å². The molecule has 0 atom stereocenters. The van der Waals surface area contributed by atoms with Gasteiger partial charge in [-0.05, 0) is 42.8 Å². The van der Waals surface area contributed by atoms with E-state index in [-0.39, 0.29) is 23.1 Å². The van der Waals surface area contributed by atoms with E-state index in [1.54, 1.807) is 31.2 Å². The molecule has 6 nitrogen and oxygen atoms in total. The maximum absolute atomic E-state index is 13.1. The zero-order valence-corrected chi connectivity index (χ0v) is 15.7. The highest BCUT2D eigenvalue weighted by atomic mass is 35.5. The molecule has 2 aromatic heterocycles. The smallest absolute Gasteiger partial charge is 0.262 e. The topological polar surface area (TPSA) is 83.8 Å². The molecular formula is C20H16ClFN4O2. The average Bonchev–Trinajstić information content (AvgIpc) is 3.29. The van der Waals surface area contributed by atoms with Crippen LogP contribution in [0.15, 0.2) is 52.7 Å². The standard InChI is InChI=1S/C20H16ClFN4O2/c1-13-18(9-15(10-23)20(27)24-11-17-3-2-8-28-17)19(21)26(25-13)12-14-4-6-16(22)7-5-14/h2-9H,11-12H2,1H3,(H,24,27)/b15-9+. The fraction of sp³-hybridized carbons (Fsp3) is 0.150. The number of nitrogens with one attached hydrogen (secondary N) is 1. The first kappa shape index (κ1) is 19.4. The summed E-state index contributed by atoms with van der Waals surface area (Å²) in [6, 6.07) is 11.3. The van der Waals surface area contributed by atoms with Crippen LogP contribution in [0.1, 0.15) is 22.6 Å². The lowest BCUT2D eigenvalue weighted by Gasteiger charge is -2.04. The van der Waals surface area contributed by atoms with E-state index in [1.807, 2.05) is 6.07 Å². The number of hydrogen-bond donors (Lipinski definition) is 1. The van der Waals surface area contributed by atoms with Gasteiger partial charge in [0.15, 0.2) is 0 Å². The first-order valence-electron chi connectivity index (χ1n) is 8.37. The molecule has 0 fully saturated rings. The molecule has 142 valence electrons. The van der Waals surface area contributed by atoms with Crippen LogP contribution < -0.4 is 5.32 Å². The Bertz CT molecular complexity index is 1050. The van der Waals surface area contributed by atoms with Crippen LogP contribution in [-0.4, -0.2) is 15.7 Å².